The van der Waals surface area contributed by atoms with Gasteiger partial charge in [0.2, 0.25) is 0 Å². The minimum atomic E-state index is -0.662. The molecule has 2 aromatic rings. The van der Waals surface area contributed by atoms with E-state index in [0.29, 0.717) is 12.2 Å². The first-order valence-electron chi connectivity index (χ1n) is 9.73. The van der Waals surface area contributed by atoms with Gasteiger partial charge >= 0.3 is 5.97 Å². The van der Waals surface area contributed by atoms with Crippen molar-refractivity contribution in [2.24, 2.45) is 0 Å². The topological polar surface area (TPSA) is 102 Å². The molecule has 0 aliphatic heterocycles. The Morgan fingerprint density at radius 2 is 1.97 bits per heavy atom. The van der Waals surface area contributed by atoms with Crippen molar-refractivity contribution < 1.29 is 23.6 Å². The summed E-state index contributed by atoms with van der Waals surface area (Å²) < 4.78 is 18.5. The van der Waals surface area contributed by atoms with Crippen molar-refractivity contribution >= 4 is 40.5 Å². The van der Waals surface area contributed by atoms with Crippen molar-refractivity contribution in [2.45, 2.75) is 26.7 Å². The summed E-state index contributed by atoms with van der Waals surface area (Å²) in [5.41, 5.74) is 0.336. The van der Waals surface area contributed by atoms with Gasteiger partial charge in [0.15, 0.2) is 0 Å². The summed E-state index contributed by atoms with van der Waals surface area (Å²) in [6.45, 7) is 4.23. The number of anilines is 2. The molecule has 2 rings (SSSR count). The molecule has 0 saturated heterocycles. The molecule has 0 aromatic heterocycles. The zero-order valence-electron chi connectivity index (χ0n) is 17.2. The number of hydrogen-bond donors (Lipinski definition) is 1. The summed E-state index contributed by atoms with van der Waals surface area (Å²) in [4.78, 5) is 37.1. The van der Waals surface area contributed by atoms with E-state index < -0.39 is 22.6 Å². The van der Waals surface area contributed by atoms with Crippen LogP contribution in [0, 0.1) is 15.9 Å². The standard InChI is InChI=1S/C21H23ClFN3O5/c1-3-10-24-18-8-5-14(12-19(18)26(29)30)21(28)25(11-9-20(27)31-4-2)15-6-7-17(23)16(22)13-15/h5-8,12-13,24H,3-4,9-11H2,1-2H3. The fraction of sp³-hybridized carbons (Fsp3) is 0.333. The predicted octanol–water partition coefficient (Wildman–Crippen LogP) is 4.81. The maximum Gasteiger partial charge on any atom is 0.307 e. The lowest BCUT2D eigenvalue weighted by Crippen LogP contribution is -2.33. The van der Waals surface area contributed by atoms with E-state index >= 15 is 0 Å². The van der Waals surface area contributed by atoms with Crippen molar-refractivity contribution in [1.82, 2.24) is 0 Å². The van der Waals surface area contributed by atoms with Gasteiger partial charge < -0.3 is 15.0 Å². The number of rotatable bonds is 10. The summed E-state index contributed by atoms with van der Waals surface area (Å²) in [5.74, 6) is -1.78. The number of hydrogen-bond acceptors (Lipinski definition) is 6. The van der Waals surface area contributed by atoms with Crippen LogP contribution in [0.4, 0.5) is 21.5 Å². The highest BCUT2D eigenvalue weighted by Gasteiger charge is 2.23. The molecule has 0 atom stereocenters. The van der Waals surface area contributed by atoms with E-state index in [-0.39, 0.29) is 41.5 Å². The molecule has 0 radical (unpaired) electrons. The van der Waals surface area contributed by atoms with Crippen LogP contribution < -0.4 is 10.2 Å². The number of nitrogens with one attached hydrogen (secondary N) is 1. The van der Waals surface area contributed by atoms with E-state index in [1.807, 2.05) is 6.92 Å². The maximum absolute atomic E-state index is 13.6. The Morgan fingerprint density at radius 3 is 2.58 bits per heavy atom. The Morgan fingerprint density at radius 1 is 1.23 bits per heavy atom. The smallest absolute Gasteiger partial charge is 0.307 e. The van der Waals surface area contributed by atoms with Crippen molar-refractivity contribution in [2.75, 3.05) is 29.9 Å². The second kappa shape index (κ2) is 11.3. The largest absolute Gasteiger partial charge is 0.466 e. The van der Waals surface area contributed by atoms with Crippen LogP contribution in [0.5, 0.6) is 0 Å². The molecule has 10 heteroatoms. The van der Waals surface area contributed by atoms with Crippen molar-refractivity contribution in [3.05, 3.63) is 62.9 Å². The van der Waals surface area contributed by atoms with Crippen LogP contribution in [0.3, 0.4) is 0 Å². The lowest BCUT2D eigenvalue weighted by atomic mass is 10.1. The number of nitro groups is 1. The molecular weight excluding hydrogens is 429 g/mol. The quantitative estimate of drug-likeness (QED) is 0.316. The number of nitro benzene ring substituents is 1. The average Bonchev–Trinajstić information content (AvgIpc) is 2.74. The first-order valence-corrected chi connectivity index (χ1v) is 10.1. The second-order valence-corrected chi connectivity index (χ2v) is 6.93. The number of benzene rings is 2. The lowest BCUT2D eigenvalue weighted by molar-refractivity contribution is -0.384. The van der Waals surface area contributed by atoms with Crippen LogP contribution in [0.25, 0.3) is 0 Å². The molecule has 2 aromatic carbocycles. The van der Waals surface area contributed by atoms with E-state index in [9.17, 15) is 24.1 Å². The first kappa shape index (κ1) is 24.1. The Kier molecular flexibility index (Phi) is 8.75. The minimum Gasteiger partial charge on any atom is -0.466 e. The van der Waals surface area contributed by atoms with Gasteiger partial charge in [-0.15, -0.1) is 0 Å². The third kappa shape index (κ3) is 6.39. The second-order valence-electron chi connectivity index (χ2n) is 6.53. The highest BCUT2D eigenvalue weighted by Crippen LogP contribution is 2.29. The number of carbonyl (C=O) groups excluding carboxylic acids is 2. The first-order chi connectivity index (χ1) is 14.8. The Hall–Kier alpha value is -3.20. The van der Waals surface area contributed by atoms with Gasteiger partial charge in [-0.25, -0.2) is 4.39 Å². The molecule has 0 heterocycles. The third-order valence-corrected chi connectivity index (χ3v) is 4.60. The van der Waals surface area contributed by atoms with E-state index in [1.165, 1.54) is 35.2 Å². The molecule has 8 nitrogen and oxygen atoms in total. The molecule has 0 aliphatic carbocycles. The van der Waals surface area contributed by atoms with Crippen molar-refractivity contribution in [3.63, 3.8) is 0 Å². The fourth-order valence-electron chi connectivity index (χ4n) is 2.82. The molecule has 1 amide bonds. The average molecular weight is 452 g/mol. The van der Waals surface area contributed by atoms with Gasteiger partial charge in [-0.05, 0) is 43.7 Å². The molecule has 0 bridgehead atoms. The van der Waals surface area contributed by atoms with E-state index in [4.69, 9.17) is 16.3 Å². The third-order valence-electron chi connectivity index (χ3n) is 4.31. The molecule has 0 spiro atoms. The number of ether oxygens (including phenoxy) is 1. The summed E-state index contributed by atoms with van der Waals surface area (Å²) in [6, 6.07) is 7.78. The Labute approximate surface area is 184 Å². The lowest BCUT2D eigenvalue weighted by Gasteiger charge is -2.23. The summed E-state index contributed by atoms with van der Waals surface area (Å²) >= 11 is 5.85. The van der Waals surface area contributed by atoms with Gasteiger partial charge in [-0.1, -0.05) is 18.5 Å². The van der Waals surface area contributed by atoms with Crippen molar-refractivity contribution in [3.8, 4) is 0 Å². The number of halogens is 2. The van der Waals surface area contributed by atoms with Crippen LogP contribution in [-0.4, -0.2) is 36.5 Å². The number of nitrogens with zero attached hydrogens (tertiary/aromatic N) is 2. The van der Waals surface area contributed by atoms with Crippen molar-refractivity contribution in [1.29, 1.82) is 0 Å². The van der Waals surface area contributed by atoms with Crippen LogP contribution in [0.1, 0.15) is 37.0 Å². The van der Waals surface area contributed by atoms with E-state index in [0.717, 1.165) is 12.5 Å². The maximum atomic E-state index is 13.6. The zero-order valence-corrected chi connectivity index (χ0v) is 17.9. The molecule has 31 heavy (non-hydrogen) atoms. The molecule has 0 saturated carbocycles. The minimum absolute atomic E-state index is 0.0399. The molecular formula is C21H23ClFN3O5. The Bertz CT molecular complexity index is 970. The van der Waals surface area contributed by atoms with Gasteiger partial charge in [0.05, 0.1) is 23.0 Å². The Balaban J connectivity index is 2.41. The SMILES string of the molecule is CCCNc1ccc(C(=O)N(CCC(=O)OCC)c2ccc(F)c(Cl)c2)cc1[N+](=O)[O-]. The highest BCUT2D eigenvalue weighted by molar-refractivity contribution is 6.31. The van der Waals surface area contributed by atoms with Crippen LogP contribution >= 0.6 is 11.6 Å². The zero-order chi connectivity index (χ0) is 23.0. The van der Waals surface area contributed by atoms with Gasteiger partial charge in [0.1, 0.15) is 11.5 Å². The summed E-state index contributed by atoms with van der Waals surface area (Å²) in [7, 11) is 0. The van der Waals surface area contributed by atoms with Gasteiger partial charge in [-0.3, -0.25) is 19.7 Å². The molecule has 1 N–H and O–H groups in total. The summed E-state index contributed by atoms with van der Waals surface area (Å²) in [5, 5.41) is 14.2. The molecule has 166 valence electrons. The van der Waals surface area contributed by atoms with Crippen LogP contribution in [0.2, 0.25) is 5.02 Å². The molecule has 0 aliphatic rings. The van der Waals surface area contributed by atoms with Gasteiger partial charge in [0.25, 0.3) is 11.6 Å². The van der Waals surface area contributed by atoms with E-state index in [2.05, 4.69) is 5.32 Å². The van der Waals surface area contributed by atoms with Crippen LogP contribution in [0.15, 0.2) is 36.4 Å². The summed E-state index contributed by atoms with van der Waals surface area (Å²) in [6.07, 6.45) is 0.650. The monoisotopic (exact) mass is 451 g/mol. The predicted molar refractivity (Wildman–Crippen MR) is 116 cm³/mol. The van der Waals surface area contributed by atoms with Gasteiger partial charge in [0, 0.05) is 30.4 Å². The van der Waals surface area contributed by atoms with Crippen LogP contribution in [-0.2, 0) is 9.53 Å². The fourth-order valence-corrected chi connectivity index (χ4v) is 2.99. The molecule has 0 fully saturated rings. The number of amides is 1. The molecule has 0 unspecified atom stereocenters. The highest BCUT2D eigenvalue weighted by atomic mass is 35.5. The number of carbonyl (C=O) groups is 2. The number of esters is 1. The van der Waals surface area contributed by atoms with Gasteiger partial charge in [-0.2, -0.15) is 0 Å². The van der Waals surface area contributed by atoms with E-state index in [1.54, 1.807) is 6.92 Å². The normalized spacial score (nSPS) is 10.5.